The van der Waals surface area contributed by atoms with E-state index in [0.29, 0.717) is 17.8 Å². The van der Waals surface area contributed by atoms with Gasteiger partial charge in [-0.15, -0.1) is 0 Å². The number of ether oxygens (including phenoxy) is 1. The molecule has 9 heteroatoms. The molecule has 1 amide bonds. The second-order valence-electron chi connectivity index (χ2n) is 8.15. The van der Waals surface area contributed by atoms with Crippen LogP contribution in [0, 0.1) is 5.92 Å². The quantitative estimate of drug-likeness (QED) is 0.157. The fraction of sp³-hybridized carbons (Fsp3) is 0.133. The number of ketones is 3. The Morgan fingerprint density at radius 1 is 0.795 bits per heavy atom. The van der Waals surface area contributed by atoms with E-state index in [1.54, 1.807) is 67.6 Å². The number of allylic oxidation sites excluding steroid dienone is 2. The molecule has 0 heterocycles. The van der Waals surface area contributed by atoms with E-state index < -0.39 is 12.5 Å². The number of benzene rings is 3. The summed E-state index contributed by atoms with van der Waals surface area (Å²) in [4.78, 5) is 44.9. The molecule has 0 aliphatic heterocycles. The number of anilines is 1. The van der Waals surface area contributed by atoms with Crippen molar-refractivity contribution < 1.29 is 39.2 Å². The van der Waals surface area contributed by atoms with E-state index in [1.807, 2.05) is 0 Å². The van der Waals surface area contributed by atoms with Gasteiger partial charge in [0.2, 0.25) is 6.41 Å². The molecule has 0 atom stereocenters. The van der Waals surface area contributed by atoms with Gasteiger partial charge in [-0.3, -0.25) is 19.2 Å². The van der Waals surface area contributed by atoms with Crippen molar-refractivity contribution in [3.8, 4) is 17.2 Å². The topological polar surface area (TPSA) is 150 Å². The summed E-state index contributed by atoms with van der Waals surface area (Å²) >= 11 is 0. The Bertz CT molecular complexity index is 1230. The number of carbonyl (C=O) groups excluding carboxylic acids is 4. The van der Waals surface area contributed by atoms with Gasteiger partial charge in [-0.2, -0.15) is 0 Å². The molecule has 39 heavy (non-hydrogen) atoms. The molecule has 4 N–H and O–H groups in total. The molecular weight excluding hydrogens is 502 g/mol. The second-order valence-corrected chi connectivity index (χ2v) is 8.15. The van der Waals surface area contributed by atoms with Gasteiger partial charge in [-0.25, -0.2) is 0 Å². The molecule has 0 aliphatic carbocycles. The molecule has 0 bridgehead atoms. The number of nitrogens with one attached hydrogen (secondary N) is 1. The minimum atomic E-state index is -0.772. The van der Waals surface area contributed by atoms with Gasteiger partial charge in [0.15, 0.2) is 17.3 Å². The molecule has 202 valence electrons. The van der Waals surface area contributed by atoms with Crippen LogP contribution in [-0.2, 0) is 19.2 Å². The average Bonchev–Trinajstić information content (AvgIpc) is 2.95. The number of phenols is 2. The average molecular weight is 532 g/mol. The third kappa shape index (κ3) is 11.3. The number of phenolic OH excluding ortho intramolecular Hbond substituents is 2. The van der Waals surface area contributed by atoms with Crippen LogP contribution in [0.3, 0.4) is 0 Å². The molecule has 0 aromatic heterocycles. The van der Waals surface area contributed by atoms with E-state index in [-0.39, 0.29) is 35.5 Å². The van der Waals surface area contributed by atoms with Crippen LogP contribution < -0.4 is 10.1 Å². The smallest absolute Gasteiger partial charge is 0.211 e. The van der Waals surface area contributed by atoms with Gasteiger partial charge >= 0.3 is 0 Å². The van der Waals surface area contributed by atoms with E-state index in [4.69, 9.17) is 9.84 Å². The maximum absolute atomic E-state index is 12.1. The van der Waals surface area contributed by atoms with Gasteiger partial charge in [-0.05, 0) is 78.7 Å². The number of aliphatic hydroxyl groups is 1. The third-order valence-corrected chi connectivity index (χ3v) is 5.18. The summed E-state index contributed by atoms with van der Waals surface area (Å²) < 4.78 is 5.07. The van der Waals surface area contributed by atoms with Crippen LogP contribution >= 0.6 is 0 Å². The van der Waals surface area contributed by atoms with Gasteiger partial charge in [0.05, 0.1) is 5.92 Å². The molecule has 0 saturated heterocycles. The van der Waals surface area contributed by atoms with Crippen LogP contribution in [0.5, 0.6) is 17.2 Å². The highest BCUT2D eigenvalue weighted by atomic mass is 16.5. The largest absolute Gasteiger partial charge is 0.508 e. The van der Waals surface area contributed by atoms with Crippen LogP contribution in [0.25, 0.3) is 12.2 Å². The molecule has 0 spiro atoms. The lowest BCUT2D eigenvalue weighted by Gasteiger charge is -2.04. The van der Waals surface area contributed by atoms with Crippen LogP contribution in [-0.4, -0.2) is 52.3 Å². The van der Waals surface area contributed by atoms with Crippen molar-refractivity contribution in [3.05, 3.63) is 96.1 Å². The normalized spacial score (nSPS) is 10.6. The van der Waals surface area contributed by atoms with Crippen molar-refractivity contribution in [1.29, 1.82) is 0 Å². The van der Waals surface area contributed by atoms with Crippen LogP contribution in [0.4, 0.5) is 5.69 Å². The minimum Gasteiger partial charge on any atom is -0.508 e. The lowest BCUT2D eigenvalue weighted by molar-refractivity contribution is -0.126. The van der Waals surface area contributed by atoms with Crippen molar-refractivity contribution in [2.75, 3.05) is 18.5 Å². The van der Waals surface area contributed by atoms with Crippen LogP contribution in [0.2, 0.25) is 0 Å². The summed E-state index contributed by atoms with van der Waals surface area (Å²) in [5, 5.41) is 29.3. The van der Waals surface area contributed by atoms with Crippen molar-refractivity contribution in [1.82, 2.24) is 0 Å². The molecule has 0 aliphatic rings. The first-order valence-corrected chi connectivity index (χ1v) is 11.8. The van der Waals surface area contributed by atoms with Crippen LogP contribution in [0.15, 0.2) is 84.9 Å². The zero-order valence-electron chi connectivity index (χ0n) is 21.2. The van der Waals surface area contributed by atoms with Gasteiger partial charge < -0.3 is 25.4 Å². The number of hydrogen-bond acceptors (Lipinski definition) is 8. The molecule has 0 fully saturated rings. The molecule has 0 unspecified atom stereocenters. The number of aliphatic hydroxyl groups excluding tert-OH is 1. The molecule has 0 radical (unpaired) electrons. The molecular formula is C30H29NO8. The maximum Gasteiger partial charge on any atom is 0.211 e. The highest BCUT2D eigenvalue weighted by Crippen LogP contribution is 2.15. The Morgan fingerprint density at radius 2 is 1.26 bits per heavy atom. The summed E-state index contributed by atoms with van der Waals surface area (Å²) in [5.74, 6) is -0.917. The lowest BCUT2D eigenvalue weighted by atomic mass is 9.99. The Hall–Kier alpha value is -5.02. The monoisotopic (exact) mass is 531 g/mol. The van der Waals surface area contributed by atoms with E-state index in [0.717, 1.165) is 11.1 Å². The van der Waals surface area contributed by atoms with Crippen molar-refractivity contribution in [3.63, 3.8) is 0 Å². The van der Waals surface area contributed by atoms with E-state index in [9.17, 15) is 29.4 Å². The number of hydrogen-bond donors (Lipinski definition) is 4. The first-order chi connectivity index (χ1) is 18.7. The number of carbonyl (C=O) groups is 4. The van der Waals surface area contributed by atoms with Gasteiger partial charge in [0.1, 0.15) is 30.5 Å². The number of rotatable bonds is 12. The Balaban J connectivity index is 0.000000306. The fourth-order valence-corrected chi connectivity index (χ4v) is 2.88. The molecule has 3 aromatic rings. The summed E-state index contributed by atoms with van der Waals surface area (Å²) in [6.45, 7) is 0.884. The number of aromatic hydroxyl groups is 2. The van der Waals surface area contributed by atoms with Crippen molar-refractivity contribution in [2.45, 2.75) is 6.92 Å². The van der Waals surface area contributed by atoms with Crippen molar-refractivity contribution in [2.24, 2.45) is 5.92 Å². The Kier molecular flexibility index (Phi) is 12.4. The Labute approximate surface area is 225 Å². The first kappa shape index (κ1) is 30.2. The first-order valence-electron chi connectivity index (χ1n) is 11.8. The highest BCUT2D eigenvalue weighted by Gasteiger charge is 2.16. The fourth-order valence-electron chi connectivity index (χ4n) is 2.88. The van der Waals surface area contributed by atoms with Gasteiger partial charge in [0.25, 0.3) is 0 Å². The summed E-state index contributed by atoms with van der Waals surface area (Å²) in [6.07, 6.45) is 6.52. The Morgan fingerprint density at radius 3 is 1.67 bits per heavy atom. The van der Waals surface area contributed by atoms with Gasteiger partial charge in [0, 0.05) is 5.69 Å². The molecule has 0 saturated carbocycles. The predicted octanol–water partition coefficient (Wildman–Crippen LogP) is 3.79. The molecule has 9 nitrogen and oxygen atoms in total. The highest BCUT2D eigenvalue weighted by molar-refractivity contribution is 6.13. The summed E-state index contributed by atoms with van der Waals surface area (Å²) in [6, 6.07) is 19.4. The zero-order chi connectivity index (χ0) is 28.6. The van der Waals surface area contributed by atoms with Crippen molar-refractivity contribution >= 4 is 41.6 Å². The second kappa shape index (κ2) is 16.0. The van der Waals surface area contributed by atoms with E-state index in [1.165, 1.54) is 36.4 Å². The van der Waals surface area contributed by atoms with E-state index in [2.05, 4.69) is 5.32 Å². The number of amides is 1. The van der Waals surface area contributed by atoms with Gasteiger partial charge in [-0.1, -0.05) is 36.4 Å². The maximum atomic E-state index is 12.1. The molecule has 3 aromatic carbocycles. The van der Waals surface area contributed by atoms with Crippen LogP contribution in [0.1, 0.15) is 18.1 Å². The minimum absolute atomic E-state index is 0.154. The summed E-state index contributed by atoms with van der Waals surface area (Å²) in [5.41, 5.74) is 2.17. The van der Waals surface area contributed by atoms with E-state index >= 15 is 0 Å². The standard InChI is InChI=1S/C20H18O4.C10H11NO4/c1-14(19(23)12-6-15-2-8-17(21)9-3-15)20(24)13-7-16-4-10-18(22)11-5-16;12-5-9(14)6-15-10-3-1-8(2-4-10)11-7-13/h2-14,21-22H,1H3;1-4,7,12H,5-6H2,(H,11,13)/b12-6+,13-7+;. The number of Topliss-reactive ketones (excluding diaryl/α,β-unsaturated/α-hetero) is 1. The zero-order valence-corrected chi connectivity index (χ0v) is 21.2. The molecule has 3 rings (SSSR count). The third-order valence-electron chi connectivity index (χ3n) is 5.18. The predicted molar refractivity (Wildman–Crippen MR) is 147 cm³/mol. The summed E-state index contributed by atoms with van der Waals surface area (Å²) in [7, 11) is 0. The SMILES string of the molecule is CC(C(=O)/C=C/c1ccc(O)cc1)C(=O)/C=C/c1ccc(O)cc1.O=CNc1ccc(OCC(=O)CO)cc1. The lowest BCUT2D eigenvalue weighted by Crippen LogP contribution is -2.17.